The molecule has 1 saturated carbocycles. The van der Waals surface area contributed by atoms with Crippen molar-refractivity contribution in [3.63, 3.8) is 0 Å². The number of fused-ring (bicyclic) bond motifs is 5. The van der Waals surface area contributed by atoms with Crippen LogP contribution >= 0.6 is 11.6 Å². The molecule has 5 rings (SSSR count). The SMILES string of the molecule is CC1=C[C@H]2C[C@H]1[C@H]1C(=O)N(c3cccc(C(=O)OCC(=O)Nc4ccccc4Cl)c3)C(=O)[C@H]12. The van der Waals surface area contributed by atoms with Gasteiger partial charge in [-0.2, -0.15) is 0 Å². The molecule has 0 aromatic heterocycles. The molecule has 4 atom stereocenters. The number of nitrogens with one attached hydrogen (secondary N) is 1. The van der Waals surface area contributed by atoms with Crippen molar-refractivity contribution >= 4 is 46.7 Å². The number of amides is 3. The Hall–Kier alpha value is -3.45. The van der Waals surface area contributed by atoms with Gasteiger partial charge in [0.1, 0.15) is 0 Å². The Kier molecular flexibility index (Phi) is 5.29. The van der Waals surface area contributed by atoms with Gasteiger partial charge in [0.05, 0.1) is 33.8 Å². The van der Waals surface area contributed by atoms with Gasteiger partial charge in [0.2, 0.25) is 11.8 Å². The first kappa shape index (κ1) is 21.4. The number of carbonyl (C=O) groups excluding carboxylic acids is 4. The van der Waals surface area contributed by atoms with Gasteiger partial charge in [0, 0.05) is 0 Å². The van der Waals surface area contributed by atoms with Crippen LogP contribution < -0.4 is 10.2 Å². The summed E-state index contributed by atoms with van der Waals surface area (Å²) < 4.78 is 5.12. The number of rotatable bonds is 5. The Labute approximate surface area is 195 Å². The van der Waals surface area contributed by atoms with E-state index in [4.69, 9.17) is 16.3 Å². The van der Waals surface area contributed by atoms with Gasteiger partial charge in [-0.15, -0.1) is 0 Å². The largest absolute Gasteiger partial charge is 0.452 e. The molecule has 168 valence electrons. The highest BCUT2D eigenvalue weighted by molar-refractivity contribution is 6.33. The van der Waals surface area contributed by atoms with Gasteiger partial charge >= 0.3 is 5.97 Å². The average molecular weight is 465 g/mol. The number of esters is 1. The Balaban J connectivity index is 1.26. The molecule has 3 amide bonds. The van der Waals surface area contributed by atoms with E-state index in [2.05, 4.69) is 11.4 Å². The van der Waals surface area contributed by atoms with E-state index < -0.39 is 18.5 Å². The minimum absolute atomic E-state index is 0.103. The third kappa shape index (κ3) is 3.62. The quantitative estimate of drug-likeness (QED) is 0.412. The van der Waals surface area contributed by atoms with Gasteiger partial charge in [0.15, 0.2) is 6.61 Å². The molecular formula is C25H21ClN2O5. The molecule has 2 aromatic carbocycles. The number of para-hydroxylation sites is 1. The number of imide groups is 1. The van der Waals surface area contributed by atoms with Crippen LogP contribution in [0.2, 0.25) is 5.02 Å². The van der Waals surface area contributed by atoms with Gasteiger partial charge in [-0.1, -0.05) is 41.4 Å². The molecule has 1 N–H and O–H groups in total. The van der Waals surface area contributed by atoms with Crippen LogP contribution in [0.5, 0.6) is 0 Å². The predicted molar refractivity (Wildman–Crippen MR) is 122 cm³/mol. The maximum atomic E-state index is 13.1. The van der Waals surface area contributed by atoms with E-state index in [-0.39, 0.29) is 41.0 Å². The monoisotopic (exact) mass is 464 g/mol. The Morgan fingerprint density at radius 2 is 1.85 bits per heavy atom. The lowest BCUT2D eigenvalue weighted by Gasteiger charge is -2.19. The van der Waals surface area contributed by atoms with Crippen molar-refractivity contribution in [3.05, 3.63) is 70.8 Å². The lowest BCUT2D eigenvalue weighted by atomic mass is 9.82. The van der Waals surface area contributed by atoms with Crippen LogP contribution in [-0.4, -0.2) is 30.3 Å². The minimum atomic E-state index is -0.733. The van der Waals surface area contributed by atoms with E-state index in [1.54, 1.807) is 36.4 Å². The molecule has 0 radical (unpaired) electrons. The first-order chi connectivity index (χ1) is 15.8. The normalized spacial score (nSPS) is 25.2. The predicted octanol–water partition coefficient (Wildman–Crippen LogP) is 3.84. The lowest BCUT2D eigenvalue weighted by Crippen LogP contribution is -2.33. The summed E-state index contributed by atoms with van der Waals surface area (Å²) >= 11 is 6.01. The van der Waals surface area contributed by atoms with Crippen molar-refractivity contribution in [2.75, 3.05) is 16.8 Å². The molecular weight excluding hydrogens is 444 g/mol. The Morgan fingerprint density at radius 3 is 2.64 bits per heavy atom. The summed E-state index contributed by atoms with van der Waals surface area (Å²) in [5.41, 5.74) is 2.08. The van der Waals surface area contributed by atoms with E-state index in [0.717, 1.165) is 6.42 Å². The van der Waals surface area contributed by atoms with E-state index in [1.165, 1.54) is 22.6 Å². The highest BCUT2D eigenvalue weighted by atomic mass is 35.5. The number of allylic oxidation sites excluding steroid dienone is 2. The highest BCUT2D eigenvalue weighted by Crippen LogP contribution is 2.55. The van der Waals surface area contributed by atoms with Crippen LogP contribution in [0, 0.1) is 23.7 Å². The zero-order chi connectivity index (χ0) is 23.3. The van der Waals surface area contributed by atoms with Crippen molar-refractivity contribution in [2.45, 2.75) is 13.3 Å². The fourth-order valence-corrected chi connectivity index (χ4v) is 5.45. The molecule has 33 heavy (non-hydrogen) atoms. The van der Waals surface area contributed by atoms with Crippen LogP contribution in [0.25, 0.3) is 0 Å². The molecule has 7 nitrogen and oxygen atoms in total. The van der Waals surface area contributed by atoms with Crippen molar-refractivity contribution < 1.29 is 23.9 Å². The number of ether oxygens (including phenoxy) is 1. The fraction of sp³-hybridized carbons (Fsp3) is 0.280. The molecule has 3 aliphatic rings. The van der Waals surface area contributed by atoms with Crippen molar-refractivity contribution in [2.24, 2.45) is 23.7 Å². The van der Waals surface area contributed by atoms with Gasteiger partial charge in [0.25, 0.3) is 5.91 Å². The first-order valence-corrected chi connectivity index (χ1v) is 11.1. The third-order valence-corrected chi connectivity index (χ3v) is 7.03. The van der Waals surface area contributed by atoms with Crippen LogP contribution in [-0.2, 0) is 19.1 Å². The number of benzene rings is 2. The molecule has 2 aromatic rings. The number of halogens is 1. The van der Waals surface area contributed by atoms with Crippen molar-refractivity contribution in [1.29, 1.82) is 0 Å². The topological polar surface area (TPSA) is 92.8 Å². The van der Waals surface area contributed by atoms with E-state index in [9.17, 15) is 19.2 Å². The molecule has 1 heterocycles. The zero-order valence-corrected chi connectivity index (χ0v) is 18.5. The third-order valence-electron chi connectivity index (χ3n) is 6.70. The maximum absolute atomic E-state index is 13.1. The maximum Gasteiger partial charge on any atom is 0.338 e. The molecule has 8 heteroatoms. The molecule has 2 bridgehead atoms. The number of hydrogen-bond acceptors (Lipinski definition) is 5. The number of anilines is 2. The second-order valence-electron chi connectivity index (χ2n) is 8.63. The molecule has 2 aliphatic carbocycles. The second kappa shape index (κ2) is 8.15. The van der Waals surface area contributed by atoms with E-state index in [1.807, 2.05) is 6.92 Å². The van der Waals surface area contributed by atoms with Crippen molar-refractivity contribution in [1.82, 2.24) is 0 Å². The average Bonchev–Trinajstić information content (AvgIpc) is 3.44. The van der Waals surface area contributed by atoms with Gasteiger partial charge in [-0.3, -0.25) is 14.4 Å². The highest BCUT2D eigenvalue weighted by Gasteiger charge is 2.60. The molecule has 0 unspecified atom stereocenters. The molecule has 1 aliphatic heterocycles. The van der Waals surface area contributed by atoms with Gasteiger partial charge < -0.3 is 10.1 Å². The van der Waals surface area contributed by atoms with Crippen molar-refractivity contribution in [3.8, 4) is 0 Å². The number of carbonyl (C=O) groups is 4. The summed E-state index contributed by atoms with van der Waals surface area (Å²) in [6.07, 6.45) is 2.97. The van der Waals surface area contributed by atoms with Gasteiger partial charge in [-0.25, -0.2) is 9.69 Å². The molecule has 1 saturated heterocycles. The van der Waals surface area contributed by atoms with Crippen LogP contribution in [0.1, 0.15) is 23.7 Å². The number of hydrogen-bond donors (Lipinski definition) is 1. The Morgan fingerprint density at radius 1 is 1.09 bits per heavy atom. The van der Waals surface area contributed by atoms with Crippen LogP contribution in [0.3, 0.4) is 0 Å². The van der Waals surface area contributed by atoms with Gasteiger partial charge in [-0.05, 0) is 55.5 Å². The zero-order valence-electron chi connectivity index (χ0n) is 17.8. The summed E-state index contributed by atoms with van der Waals surface area (Å²) in [4.78, 5) is 52.1. The summed E-state index contributed by atoms with van der Waals surface area (Å²) in [5.74, 6) is -2.13. The summed E-state index contributed by atoms with van der Waals surface area (Å²) in [7, 11) is 0. The van der Waals surface area contributed by atoms with Crippen LogP contribution in [0.4, 0.5) is 11.4 Å². The first-order valence-electron chi connectivity index (χ1n) is 10.7. The van der Waals surface area contributed by atoms with E-state index in [0.29, 0.717) is 16.4 Å². The molecule has 2 fully saturated rings. The number of nitrogens with zero attached hydrogens (tertiary/aromatic N) is 1. The lowest BCUT2D eigenvalue weighted by molar-refractivity contribution is -0.123. The summed E-state index contributed by atoms with van der Waals surface area (Å²) in [6.45, 7) is 1.51. The summed E-state index contributed by atoms with van der Waals surface area (Å²) in [6, 6.07) is 12.9. The fourth-order valence-electron chi connectivity index (χ4n) is 5.26. The standard InChI is InChI=1S/C25H21ClN2O5/c1-13-9-15-11-17(13)22-21(15)23(30)28(24(22)31)16-6-4-5-14(10-16)25(32)33-12-20(29)27-19-8-3-2-7-18(19)26/h2-10,15,17,21-22H,11-12H2,1H3,(H,27,29)/t15-,17+,21-,22+/m0/s1. The Bertz CT molecular complexity index is 1220. The minimum Gasteiger partial charge on any atom is -0.452 e. The summed E-state index contributed by atoms with van der Waals surface area (Å²) in [5, 5.41) is 2.94. The molecule has 0 spiro atoms. The smallest absolute Gasteiger partial charge is 0.338 e. The van der Waals surface area contributed by atoms with Crippen LogP contribution in [0.15, 0.2) is 60.2 Å². The second-order valence-corrected chi connectivity index (χ2v) is 9.04. The van der Waals surface area contributed by atoms with E-state index >= 15 is 0 Å².